The molecule has 3 amide bonds. The number of rotatable bonds is 4. The van der Waals surface area contributed by atoms with Gasteiger partial charge in [0.2, 0.25) is 0 Å². The number of carbonyl (C=O) groups is 3. The van der Waals surface area contributed by atoms with Crippen molar-refractivity contribution >= 4 is 23.4 Å². The Hall–Kier alpha value is -3.36. The van der Waals surface area contributed by atoms with Crippen molar-refractivity contribution in [2.24, 2.45) is 5.92 Å². The highest BCUT2D eigenvalue weighted by Gasteiger charge is 2.25. The van der Waals surface area contributed by atoms with E-state index in [1.165, 1.54) is 6.20 Å². The molecule has 0 unspecified atom stereocenters. The highest BCUT2D eigenvalue weighted by atomic mass is 19.1. The fraction of sp³-hybridized carbons (Fsp3) is 0.300. The topological polar surface area (TPSA) is 91.4 Å². The lowest BCUT2D eigenvalue weighted by Crippen LogP contribution is -2.43. The maximum atomic E-state index is 13.5. The molecule has 0 bridgehead atoms. The van der Waals surface area contributed by atoms with Crippen molar-refractivity contribution in [2.75, 3.05) is 25.0 Å². The Balaban J connectivity index is 1.44. The van der Waals surface area contributed by atoms with E-state index in [2.05, 4.69) is 15.6 Å². The summed E-state index contributed by atoms with van der Waals surface area (Å²) >= 11 is 0. The molecule has 0 spiro atoms. The molecule has 1 aromatic carbocycles. The Labute approximate surface area is 166 Å². The smallest absolute Gasteiger partial charge is 0.313 e. The molecule has 9 heteroatoms. The van der Waals surface area contributed by atoms with Crippen LogP contribution in [-0.2, 0) is 9.59 Å². The third-order valence-corrected chi connectivity index (χ3v) is 4.74. The first kappa shape index (κ1) is 20.4. The number of hydrogen-bond acceptors (Lipinski definition) is 4. The predicted molar refractivity (Wildman–Crippen MR) is 101 cm³/mol. The third kappa shape index (κ3) is 5.34. The number of piperidine rings is 1. The van der Waals surface area contributed by atoms with E-state index in [0.717, 1.165) is 18.2 Å². The van der Waals surface area contributed by atoms with E-state index >= 15 is 0 Å². The van der Waals surface area contributed by atoms with E-state index in [1.807, 2.05) is 0 Å². The largest absolute Gasteiger partial charge is 0.348 e. The minimum atomic E-state index is -1.07. The Morgan fingerprint density at radius 1 is 1.10 bits per heavy atom. The molecule has 0 saturated carbocycles. The molecule has 2 heterocycles. The lowest BCUT2D eigenvalue weighted by atomic mass is 9.96. The van der Waals surface area contributed by atoms with Crippen LogP contribution in [0.2, 0.25) is 0 Å². The van der Waals surface area contributed by atoms with Gasteiger partial charge in [0.1, 0.15) is 11.6 Å². The van der Waals surface area contributed by atoms with Crippen molar-refractivity contribution in [3.05, 3.63) is 59.9 Å². The first-order valence-electron chi connectivity index (χ1n) is 9.17. The summed E-state index contributed by atoms with van der Waals surface area (Å²) in [6.45, 7) is 1.33. The number of carbonyl (C=O) groups excluding carboxylic acids is 3. The number of benzene rings is 1. The van der Waals surface area contributed by atoms with E-state index in [1.54, 1.807) is 23.2 Å². The summed E-state index contributed by atoms with van der Waals surface area (Å²) in [5.74, 6) is -3.54. The Morgan fingerprint density at radius 2 is 1.86 bits per heavy atom. The highest BCUT2D eigenvalue weighted by molar-refractivity contribution is 6.39. The van der Waals surface area contributed by atoms with Crippen LogP contribution in [0.25, 0.3) is 0 Å². The number of aromatic nitrogens is 1. The first-order chi connectivity index (χ1) is 13.9. The molecule has 3 rings (SSSR count). The van der Waals surface area contributed by atoms with Gasteiger partial charge in [-0.05, 0) is 43.0 Å². The molecule has 1 aromatic heterocycles. The summed E-state index contributed by atoms with van der Waals surface area (Å²) in [6, 6.07) is 5.99. The summed E-state index contributed by atoms with van der Waals surface area (Å²) in [5, 5.41) is 4.56. The molecular weight excluding hydrogens is 382 g/mol. The fourth-order valence-electron chi connectivity index (χ4n) is 3.10. The van der Waals surface area contributed by atoms with Gasteiger partial charge in [0.25, 0.3) is 5.91 Å². The highest BCUT2D eigenvalue weighted by Crippen LogP contribution is 2.18. The van der Waals surface area contributed by atoms with Crippen LogP contribution in [0.1, 0.15) is 23.2 Å². The summed E-state index contributed by atoms with van der Waals surface area (Å²) < 4.78 is 26.7. The van der Waals surface area contributed by atoms with E-state index in [9.17, 15) is 23.2 Å². The molecule has 0 aliphatic carbocycles. The van der Waals surface area contributed by atoms with Crippen molar-refractivity contribution in [3.63, 3.8) is 0 Å². The van der Waals surface area contributed by atoms with Crippen LogP contribution in [0.5, 0.6) is 0 Å². The molecule has 7 nitrogen and oxygen atoms in total. The number of nitrogens with one attached hydrogen (secondary N) is 2. The molecule has 2 N–H and O–H groups in total. The normalized spacial score (nSPS) is 14.3. The fourth-order valence-corrected chi connectivity index (χ4v) is 3.10. The van der Waals surface area contributed by atoms with Gasteiger partial charge in [-0.3, -0.25) is 19.4 Å². The van der Waals surface area contributed by atoms with Gasteiger partial charge in [-0.2, -0.15) is 0 Å². The molecule has 1 fully saturated rings. The van der Waals surface area contributed by atoms with Crippen molar-refractivity contribution < 1.29 is 23.2 Å². The SMILES string of the molecule is O=C(NCC1CCN(C(=O)c2cccnc2)CC1)C(=O)Nc1cc(F)ccc1F. The number of anilines is 1. The summed E-state index contributed by atoms with van der Waals surface area (Å²) in [4.78, 5) is 41.9. The van der Waals surface area contributed by atoms with Crippen LogP contribution in [0.4, 0.5) is 14.5 Å². The quantitative estimate of drug-likeness (QED) is 0.765. The van der Waals surface area contributed by atoms with E-state index in [0.29, 0.717) is 31.5 Å². The molecule has 2 aromatic rings. The van der Waals surface area contributed by atoms with E-state index in [-0.39, 0.29) is 18.4 Å². The predicted octanol–water partition coefficient (Wildman–Crippen LogP) is 1.97. The number of pyridine rings is 1. The van der Waals surface area contributed by atoms with Gasteiger partial charge in [-0.1, -0.05) is 0 Å². The van der Waals surface area contributed by atoms with Gasteiger partial charge in [-0.15, -0.1) is 0 Å². The van der Waals surface area contributed by atoms with Gasteiger partial charge in [-0.25, -0.2) is 8.78 Å². The Morgan fingerprint density at radius 3 is 2.55 bits per heavy atom. The second kappa shape index (κ2) is 9.22. The number of likely N-dealkylation sites (tertiary alicyclic amines) is 1. The van der Waals surface area contributed by atoms with Crippen molar-refractivity contribution in [1.29, 1.82) is 0 Å². The van der Waals surface area contributed by atoms with Crippen molar-refractivity contribution in [3.8, 4) is 0 Å². The van der Waals surface area contributed by atoms with Crippen LogP contribution in [-0.4, -0.2) is 47.2 Å². The zero-order valence-electron chi connectivity index (χ0n) is 15.5. The van der Waals surface area contributed by atoms with Crippen LogP contribution in [0.15, 0.2) is 42.7 Å². The van der Waals surface area contributed by atoms with Crippen LogP contribution in [0, 0.1) is 17.6 Å². The second-order valence-electron chi connectivity index (χ2n) is 6.77. The summed E-state index contributed by atoms with van der Waals surface area (Å²) in [6.07, 6.45) is 4.47. The number of amides is 3. The second-order valence-corrected chi connectivity index (χ2v) is 6.77. The van der Waals surface area contributed by atoms with Gasteiger partial charge < -0.3 is 15.5 Å². The standard InChI is InChI=1S/C20H20F2N4O3/c21-15-3-4-16(22)17(10-15)25-19(28)18(27)24-11-13-5-8-26(9-6-13)20(29)14-2-1-7-23-12-14/h1-4,7,10,12-13H,5-6,8-9,11H2,(H,24,27)(H,25,28). The third-order valence-electron chi connectivity index (χ3n) is 4.74. The average Bonchev–Trinajstić information content (AvgIpc) is 2.75. The average molecular weight is 402 g/mol. The number of hydrogen-bond donors (Lipinski definition) is 2. The summed E-state index contributed by atoms with van der Waals surface area (Å²) in [5.41, 5.74) is 0.132. The lowest BCUT2D eigenvalue weighted by Gasteiger charge is -2.32. The van der Waals surface area contributed by atoms with Crippen LogP contribution < -0.4 is 10.6 Å². The molecular formula is C20H20F2N4O3. The molecule has 29 heavy (non-hydrogen) atoms. The van der Waals surface area contributed by atoms with Crippen LogP contribution in [0.3, 0.4) is 0 Å². The zero-order valence-corrected chi connectivity index (χ0v) is 15.5. The van der Waals surface area contributed by atoms with E-state index < -0.39 is 29.1 Å². The maximum Gasteiger partial charge on any atom is 0.313 e. The van der Waals surface area contributed by atoms with E-state index in [4.69, 9.17) is 0 Å². The molecule has 1 aliphatic heterocycles. The number of nitrogens with zero attached hydrogens (tertiary/aromatic N) is 2. The minimum Gasteiger partial charge on any atom is -0.348 e. The van der Waals surface area contributed by atoms with Gasteiger partial charge in [0.15, 0.2) is 0 Å². The molecule has 1 saturated heterocycles. The van der Waals surface area contributed by atoms with Gasteiger partial charge >= 0.3 is 11.8 Å². The molecule has 0 atom stereocenters. The van der Waals surface area contributed by atoms with Gasteiger partial charge in [0, 0.05) is 38.1 Å². The Bertz CT molecular complexity index is 900. The molecule has 152 valence electrons. The molecule has 0 radical (unpaired) electrons. The number of halogens is 2. The van der Waals surface area contributed by atoms with Crippen LogP contribution >= 0.6 is 0 Å². The summed E-state index contributed by atoms with van der Waals surface area (Å²) in [7, 11) is 0. The zero-order chi connectivity index (χ0) is 20.8. The maximum absolute atomic E-state index is 13.5. The van der Waals surface area contributed by atoms with Gasteiger partial charge in [0.05, 0.1) is 11.3 Å². The molecule has 1 aliphatic rings. The lowest BCUT2D eigenvalue weighted by molar-refractivity contribution is -0.136. The Kier molecular flexibility index (Phi) is 6.48. The minimum absolute atomic E-state index is 0.0860. The van der Waals surface area contributed by atoms with Crippen molar-refractivity contribution in [1.82, 2.24) is 15.2 Å². The first-order valence-corrected chi connectivity index (χ1v) is 9.17. The van der Waals surface area contributed by atoms with Crippen molar-refractivity contribution in [2.45, 2.75) is 12.8 Å². The monoisotopic (exact) mass is 402 g/mol.